The Kier molecular flexibility index (Phi) is 4.29. The molecule has 3 atom stereocenters. The van der Waals surface area contributed by atoms with Crippen molar-refractivity contribution in [3.63, 3.8) is 0 Å². The van der Waals surface area contributed by atoms with Crippen LogP contribution in [-0.2, 0) is 17.7 Å². The van der Waals surface area contributed by atoms with Gasteiger partial charge in [-0.25, -0.2) is 4.72 Å². The van der Waals surface area contributed by atoms with Crippen LogP contribution in [0.2, 0.25) is 0 Å². The molecule has 3 fully saturated rings. The lowest BCUT2D eigenvalue weighted by atomic mass is 9.81. The van der Waals surface area contributed by atoms with Gasteiger partial charge in [0.2, 0.25) is 0 Å². The van der Waals surface area contributed by atoms with E-state index in [0.29, 0.717) is 35.9 Å². The standard InChI is InChI=1S/C17H23N3O4S/c21-20(22)15-4-1-12(5-8-18-25(23)24)9-16(15)19-10-13-2-3-14(11-19)17(13)6-7-17/h1,4,9,13-14,18H,2-3,5-8,10-11H2,(H,23,24)/p-1/t13-,14+. The fourth-order valence-corrected chi connectivity index (χ4v) is 5.30. The van der Waals surface area contributed by atoms with Crippen molar-refractivity contribution < 1.29 is 13.7 Å². The van der Waals surface area contributed by atoms with E-state index < -0.39 is 11.3 Å². The predicted octanol–water partition coefficient (Wildman–Crippen LogP) is 2.15. The normalized spacial score (nSPS) is 27.5. The van der Waals surface area contributed by atoms with Crippen LogP contribution in [0.1, 0.15) is 31.2 Å². The number of hydrogen-bond donors (Lipinski definition) is 1. The molecular weight excluding hydrogens is 342 g/mol. The monoisotopic (exact) mass is 364 g/mol. The number of nitro groups is 1. The van der Waals surface area contributed by atoms with Gasteiger partial charge in [-0.1, -0.05) is 6.07 Å². The molecule has 0 radical (unpaired) electrons. The van der Waals surface area contributed by atoms with Crippen LogP contribution in [0.5, 0.6) is 0 Å². The molecule has 1 aliphatic heterocycles. The first-order chi connectivity index (χ1) is 12.0. The van der Waals surface area contributed by atoms with Crippen molar-refractivity contribution in [2.75, 3.05) is 24.5 Å². The van der Waals surface area contributed by atoms with E-state index in [1.807, 2.05) is 6.07 Å². The Morgan fingerprint density at radius 3 is 2.52 bits per heavy atom. The van der Waals surface area contributed by atoms with Gasteiger partial charge in [-0.15, -0.1) is 0 Å². The molecule has 2 bridgehead atoms. The number of rotatable bonds is 6. The number of hydrogen-bond acceptors (Lipinski definition) is 5. The minimum atomic E-state index is -2.28. The Morgan fingerprint density at radius 2 is 1.96 bits per heavy atom. The van der Waals surface area contributed by atoms with Gasteiger partial charge in [-0.2, -0.15) is 0 Å². The van der Waals surface area contributed by atoms with E-state index in [4.69, 9.17) is 0 Å². The summed E-state index contributed by atoms with van der Waals surface area (Å²) < 4.78 is 23.5. The number of nitrogens with one attached hydrogen (secondary N) is 1. The lowest BCUT2D eigenvalue weighted by Crippen LogP contribution is -2.43. The molecule has 1 saturated heterocycles. The van der Waals surface area contributed by atoms with Gasteiger partial charge in [-0.05, 0) is 61.0 Å². The minimum Gasteiger partial charge on any atom is -0.760 e. The summed E-state index contributed by atoms with van der Waals surface area (Å²) in [6.45, 7) is 2.11. The van der Waals surface area contributed by atoms with Crippen molar-refractivity contribution >= 4 is 22.6 Å². The molecule has 2 aliphatic carbocycles. The fraction of sp³-hybridized carbons (Fsp3) is 0.647. The van der Waals surface area contributed by atoms with Crippen molar-refractivity contribution in [2.45, 2.75) is 32.1 Å². The van der Waals surface area contributed by atoms with Crippen LogP contribution in [0.3, 0.4) is 0 Å². The molecule has 8 heteroatoms. The summed E-state index contributed by atoms with van der Waals surface area (Å²) in [7, 11) is 0. The molecule has 1 N–H and O–H groups in total. The molecule has 1 unspecified atom stereocenters. The first-order valence-electron chi connectivity index (χ1n) is 8.84. The first kappa shape index (κ1) is 16.9. The van der Waals surface area contributed by atoms with E-state index in [-0.39, 0.29) is 10.6 Å². The zero-order valence-corrected chi connectivity index (χ0v) is 14.8. The second-order valence-corrected chi connectivity index (χ2v) is 8.33. The molecule has 7 nitrogen and oxygen atoms in total. The van der Waals surface area contributed by atoms with Gasteiger partial charge < -0.3 is 9.45 Å². The smallest absolute Gasteiger partial charge is 0.292 e. The van der Waals surface area contributed by atoms with Gasteiger partial charge in [0.05, 0.1) is 4.92 Å². The Bertz CT molecular complexity index is 706. The third-order valence-electron chi connectivity index (χ3n) is 6.41. The lowest BCUT2D eigenvalue weighted by Gasteiger charge is -2.39. The highest BCUT2D eigenvalue weighted by molar-refractivity contribution is 7.77. The topological polar surface area (TPSA) is 98.5 Å². The number of anilines is 1. The Labute approximate surface area is 149 Å². The Hall–Kier alpha value is -1.51. The van der Waals surface area contributed by atoms with Crippen LogP contribution >= 0.6 is 0 Å². The van der Waals surface area contributed by atoms with Crippen LogP contribution in [-0.4, -0.2) is 33.3 Å². The number of nitro benzene ring substituents is 1. The summed E-state index contributed by atoms with van der Waals surface area (Å²) in [4.78, 5) is 13.4. The Balaban J connectivity index is 1.56. The van der Waals surface area contributed by atoms with Crippen molar-refractivity contribution in [1.29, 1.82) is 0 Å². The number of benzene rings is 1. The van der Waals surface area contributed by atoms with Crippen molar-refractivity contribution in [3.8, 4) is 0 Å². The lowest BCUT2D eigenvalue weighted by molar-refractivity contribution is -0.384. The van der Waals surface area contributed by atoms with Crippen molar-refractivity contribution in [1.82, 2.24) is 4.72 Å². The summed E-state index contributed by atoms with van der Waals surface area (Å²) in [5.74, 6) is 1.33. The molecule has 0 aromatic heterocycles. The number of piperidine rings is 1. The largest absolute Gasteiger partial charge is 0.760 e. The maximum Gasteiger partial charge on any atom is 0.292 e. The quantitative estimate of drug-likeness (QED) is 0.474. The van der Waals surface area contributed by atoms with E-state index in [9.17, 15) is 18.9 Å². The van der Waals surface area contributed by atoms with Crippen LogP contribution < -0.4 is 9.62 Å². The highest BCUT2D eigenvalue weighted by Crippen LogP contribution is 2.66. The van der Waals surface area contributed by atoms with Gasteiger partial charge in [0.1, 0.15) is 5.69 Å². The molecule has 0 amide bonds. The average molecular weight is 364 g/mol. The molecular formula is C17H22N3O4S-. The van der Waals surface area contributed by atoms with Crippen molar-refractivity contribution in [3.05, 3.63) is 33.9 Å². The molecule has 1 spiro atoms. The van der Waals surface area contributed by atoms with Crippen molar-refractivity contribution in [2.24, 2.45) is 17.3 Å². The Morgan fingerprint density at radius 1 is 1.28 bits per heavy atom. The van der Waals surface area contributed by atoms with Gasteiger partial charge in [0.15, 0.2) is 0 Å². The molecule has 136 valence electrons. The minimum absolute atomic E-state index is 0.148. The first-order valence-corrected chi connectivity index (χ1v) is 9.92. The van der Waals surface area contributed by atoms with Gasteiger partial charge >= 0.3 is 0 Å². The average Bonchev–Trinajstić information content (AvgIpc) is 3.31. The van der Waals surface area contributed by atoms with Crippen LogP contribution in [0, 0.1) is 27.4 Å². The highest BCUT2D eigenvalue weighted by atomic mass is 32.2. The second-order valence-electron chi connectivity index (χ2n) is 7.57. The molecule has 25 heavy (non-hydrogen) atoms. The van der Waals surface area contributed by atoms with E-state index in [1.165, 1.54) is 25.7 Å². The molecule has 4 rings (SSSR count). The second kappa shape index (κ2) is 6.34. The molecule has 1 aromatic rings. The van der Waals surface area contributed by atoms with Gasteiger partial charge in [-0.3, -0.25) is 14.3 Å². The molecule has 1 heterocycles. The summed E-state index contributed by atoms with van der Waals surface area (Å²) in [5, 5.41) is 11.5. The van der Waals surface area contributed by atoms with E-state index >= 15 is 0 Å². The van der Waals surface area contributed by atoms with Crippen LogP contribution in [0.4, 0.5) is 11.4 Å². The number of nitrogens with zero attached hydrogens (tertiary/aromatic N) is 2. The zero-order chi connectivity index (χ0) is 17.6. The molecule has 2 saturated carbocycles. The third-order valence-corrected chi connectivity index (χ3v) is 6.85. The van der Waals surface area contributed by atoms with E-state index in [1.54, 1.807) is 12.1 Å². The maximum absolute atomic E-state index is 11.5. The highest BCUT2D eigenvalue weighted by Gasteiger charge is 2.60. The zero-order valence-electron chi connectivity index (χ0n) is 14.0. The third kappa shape index (κ3) is 3.07. The predicted molar refractivity (Wildman–Crippen MR) is 93.8 cm³/mol. The van der Waals surface area contributed by atoms with Crippen LogP contribution in [0.25, 0.3) is 0 Å². The van der Waals surface area contributed by atoms with E-state index in [2.05, 4.69) is 9.62 Å². The summed E-state index contributed by atoms with van der Waals surface area (Å²) in [6.07, 6.45) is 5.66. The fourth-order valence-electron chi connectivity index (χ4n) is 5.03. The van der Waals surface area contributed by atoms with E-state index in [0.717, 1.165) is 18.7 Å². The summed E-state index contributed by atoms with van der Waals surface area (Å²) in [6, 6.07) is 5.15. The SMILES string of the molecule is O=[N+]([O-])c1ccc(CCNS(=O)[O-])cc1N1C[C@H]2CC[C@@H](C1)C21CC1. The summed E-state index contributed by atoms with van der Waals surface area (Å²) in [5.41, 5.74) is 2.30. The summed E-state index contributed by atoms with van der Waals surface area (Å²) >= 11 is -2.28. The molecule has 1 aromatic carbocycles. The van der Waals surface area contributed by atoms with Gasteiger partial charge in [0.25, 0.3) is 5.69 Å². The van der Waals surface area contributed by atoms with Crippen LogP contribution in [0.15, 0.2) is 18.2 Å². The maximum atomic E-state index is 11.5. The van der Waals surface area contributed by atoms with Gasteiger partial charge in [0, 0.05) is 37.0 Å². The molecule has 3 aliphatic rings.